The summed E-state index contributed by atoms with van der Waals surface area (Å²) in [5, 5.41) is 0.564. The van der Waals surface area contributed by atoms with Gasteiger partial charge in [0.25, 0.3) is 0 Å². The molecule has 25 heavy (non-hydrogen) atoms. The Kier molecular flexibility index (Phi) is 6.11. The first-order chi connectivity index (χ1) is 11.7. The van der Waals surface area contributed by atoms with Crippen LogP contribution in [0, 0.1) is 5.92 Å². The first kappa shape index (κ1) is 19.3. The Morgan fingerprint density at radius 1 is 1.20 bits per heavy atom. The summed E-state index contributed by atoms with van der Waals surface area (Å²) in [5.74, 6) is -0.256. The summed E-state index contributed by atoms with van der Waals surface area (Å²) in [6, 6.07) is 6.89. The number of nitrogens with zero attached hydrogens (tertiary/aromatic N) is 3. The van der Waals surface area contributed by atoms with Gasteiger partial charge in [-0.1, -0.05) is 25.4 Å². The van der Waals surface area contributed by atoms with Crippen LogP contribution in [-0.4, -0.2) is 23.1 Å². The number of halogens is 4. The average Bonchev–Trinajstić information content (AvgIpc) is 2.54. The molecule has 2 rings (SSSR count). The quantitative estimate of drug-likeness (QED) is 0.684. The number of hydrogen-bond acceptors (Lipinski definition) is 4. The predicted octanol–water partition coefficient (Wildman–Crippen LogP) is 5.34. The van der Waals surface area contributed by atoms with Gasteiger partial charge in [0.15, 0.2) is 0 Å². The second-order valence-electron chi connectivity index (χ2n) is 5.81. The average molecular weight is 374 g/mol. The minimum atomic E-state index is -4.58. The molecule has 0 atom stereocenters. The number of anilines is 2. The van der Waals surface area contributed by atoms with Crippen molar-refractivity contribution in [2.75, 3.05) is 18.1 Å². The number of alkyl halides is 3. The van der Waals surface area contributed by atoms with E-state index >= 15 is 0 Å². The Hall–Kier alpha value is -2.02. The van der Waals surface area contributed by atoms with E-state index in [4.69, 9.17) is 16.3 Å². The van der Waals surface area contributed by atoms with Gasteiger partial charge < -0.3 is 9.64 Å². The molecular weight excluding hydrogens is 355 g/mol. The lowest BCUT2D eigenvalue weighted by Crippen LogP contribution is -2.21. The van der Waals surface area contributed by atoms with Crippen LogP contribution >= 0.6 is 11.6 Å². The van der Waals surface area contributed by atoms with E-state index in [1.54, 1.807) is 29.2 Å². The molecule has 0 radical (unpaired) electrons. The van der Waals surface area contributed by atoms with Crippen molar-refractivity contribution in [2.24, 2.45) is 5.92 Å². The number of benzene rings is 1. The summed E-state index contributed by atoms with van der Waals surface area (Å²) in [4.78, 5) is 9.58. The monoisotopic (exact) mass is 373 g/mol. The molecule has 0 aliphatic carbocycles. The fourth-order valence-electron chi connectivity index (χ4n) is 2.10. The molecule has 136 valence electrons. The number of ether oxygens (including phenoxy) is 1. The summed E-state index contributed by atoms with van der Waals surface area (Å²) < 4.78 is 44.8. The molecule has 0 fully saturated rings. The molecule has 8 heteroatoms. The third-order valence-corrected chi connectivity index (χ3v) is 3.55. The maximum atomic E-state index is 13.2. The van der Waals surface area contributed by atoms with Gasteiger partial charge in [0, 0.05) is 23.5 Å². The van der Waals surface area contributed by atoms with Crippen LogP contribution in [0.5, 0.6) is 5.88 Å². The van der Waals surface area contributed by atoms with Gasteiger partial charge in [-0.15, -0.1) is 0 Å². The lowest BCUT2D eigenvalue weighted by atomic mass is 10.2. The van der Waals surface area contributed by atoms with E-state index in [0.29, 0.717) is 11.6 Å². The van der Waals surface area contributed by atoms with Crippen LogP contribution in [0.1, 0.15) is 26.3 Å². The molecular formula is C17H19ClF3N3O. The van der Waals surface area contributed by atoms with Gasteiger partial charge in [0.05, 0.1) is 6.61 Å². The van der Waals surface area contributed by atoms with E-state index in [1.807, 2.05) is 20.8 Å². The number of aromatic nitrogens is 2. The molecule has 1 aromatic heterocycles. The lowest BCUT2D eigenvalue weighted by Gasteiger charge is -2.22. The minimum Gasteiger partial charge on any atom is -0.477 e. The van der Waals surface area contributed by atoms with E-state index in [0.717, 1.165) is 11.9 Å². The standard InChI is InChI=1S/C17H19ClF3N3O/c1-4-24(13-7-5-12(18)6-8-13)16-22-9-14(17(19,20)21)15(23-16)25-10-11(2)3/h5-9,11H,4,10H2,1-3H3. The van der Waals surface area contributed by atoms with Crippen molar-refractivity contribution in [2.45, 2.75) is 26.9 Å². The molecule has 0 N–H and O–H groups in total. The van der Waals surface area contributed by atoms with Gasteiger partial charge in [-0.05, 0) is 37.1 Å². The van der Waals surface area contributed by atoms with Crippen LogP contribution in [-0.2, 0) is 6.18 Å². The van der Waals surface area contributed by atoms with Gasteiger partial charge in [-0.25, -0.2) is 4.98 Å². The molecule has 2 aromatic rings. The summed E-state index contributed by atoms with van der Waals surface area (Å²) in [6.45, 7) is 6.15. The van der Waals surface area contributed by atoms with E-state index in [1.165, 1.54) is 0 Å². The molecule has 0 aliphatic heterocycles. The van der Waals surface area contributed by atoms with E-state index in [-0.39, 0.29) is 18.5 Å². The van der Waals surface area contributed by atoms with Crippen LogP contribution in [0.2, 0.25) is 5.02 Å². The Labute approximate surface area is 149 Å². The van der Waals surface area contributed by atoms with Crippen molar-refractivity contribution in [3.05, 3.63) is 41.0 Å². The first-order valence-corrected chi connectivity index (χ1v) is 8.20. The second-order valence-corrected chi connectivity index (χ2v) is 6.25. The number of hydrogen-bond donors (Lipinski definition) is 0. The Bertz CT molecular complexity index is 705. The van der Waals surface area contributed by atoms with E-state index in [9.17, 15) is 13.2 Å². The van der Waals surface area contributed by atoms with E-state index < -0.39 is 17.6 Å². The summed E-state index contributed by atoms with van der Waals surface area (Å²) in [5.41, 5.74) is -0.259. The highest BCUT2D eigenvalue weighted by Gasteiger charge is 2.36. The molecule has 0 spiro atoms. The van der Waals surface area contributed by atoms with Crippen molar-refractivity contribution in [3.8, 4) is 5.88 Å². The zero-order valence-electron chi connectivity index (χ0n) is 14.1. The van der Waals surface area contributed by atoms with Crippen molar-refractivity contribution in [3.63, 3.8) is 0 Å². The molecule has 0 saturated heterocycles. The van der Waals surface area contributed by atoms with Gasteiger partial charge in [0.1, 0.15) is 5.56 Å². The van der Waals surface area contributed by atoms with Crippen molar-refractivity contribution in [1.82, 2.24) is 9.97 Å². The number of rotatable bonds is 6. The Balaban J connectivity index is 2.42. The second kappa shape index (κ2) is 7.91. The largest absolute Gasteiger partial charge is 0.477 e. The van der Waals surface area contributed by atoms with Crippen LogP contribution in [0.15, 0.2) is 30.5 Å². The summed E-state index contributed by atoms with van der Waals surface area (Å²) in [7, 11) is 0. The van der Waals surface area contributed by atoms with E-state index in [2.05, 4.69) is 9.97 Å². The molecule has 1 aromatic carbocycles. The van der Waals surface area contributed by atoms with Crippen LogP contribution in [0.4, 0.5) is 24.8 Å². The topological polar surface area (TPSA) is 38.2 Å². The van der Waals surface area contributed by atoms with Crippen molar-refractivity contribution in [1.29, 1.82) is 0 Å². The smallest absolute Gasteiger partial charge is 0.423 e. The van der Waals surface area contributed by atoms with Crippen molar-refractivity contribution >= 4 is 23.2 Å². The van der Waals surface area contributed by atoms with Crippen LogP contribution < -0.4 is 9.64 Å². The normalized spacial score (nSPS) is 11.7. The lowest BCUT2D eigenvalue weighted by molar-refractivity contribution is -0.139. The van der Waals surface area contributed by atoms with Crippen LogP contribution in [0.25, 0.3) is 0 Å². The third-order valence-electron chi connectivity index (χ3n) is 3.30. The van der Waals surface area contributed by atoms with Gasteiger partial charge in [-0.3, -0.25) is 0 Å². The molecule has 4 nitrogen and oxygen atoms in total. The fourth-order valence-corrected chi connectivity index (χ4v) is 2.22. The highest BCUT2D eigenvalue weighted by atomic mass is 35.5. The predicted molar refractivity (Wildman–Crippen MR) is 91.5 cm³/mol. The highest BCUT2D eigenvalue weighted by molar-refractivity contribution is 6.30. The minimum absolute atomic E-state index is 0.0676. The maximum Gasteiger partial charge on any atom is 0.423 e. The van der Waals surface area contributed by atoms with Crippen molar-refractivity contribution < 1.29 is 17.9 Å². The molecule has 1 heterocycles. The van der Waals surface area contributed by atoms with Gasteiger partial charge in [0.2, 0.25) is 11.8 Å². The highest BCUT2D eigenvalue weighted by Crippen LogP contribution is 2.36. The third kappa shape index (κ3) is 4.98. The SMILES string of the molecule is CCN(c1ccc(Cl)cc1)c1ncc(C(F)(F)F)c(OCC(C)C)n1. The van der Waals surface area contributed by atoms with Gasteiger partial charge in [-0.2, -0.15) is 18.2 Å². The van der Waals surface area contributed by atoms with Crippen LogP contribution in [0.3, 0.4) is 0 Å². The zero-order chi connectivity index (χ0) is 18.6. The Morgan fingerprint density at radius 2 is 1.84 bits per heavy atom. The molecule has 0 saturated carbocycles. The molecule has 0 unspecified atom stereocenters. The van der Waals surface area contributed by atoms with Gasteiger partial charge >= 0.3 is 6.18 Å². The molecule has 0 aliphatic rings. The first-order valence-electron chi connectivity index (χ1n) is 7.82. The molecule has 0 amide bonds. The fraction of sp³-hybridized carbons (Fsp3) is 0.412. The maximum absolute atomic E-state index is 13.2. The Morgan fingerprint density at radius 3 is 2.36 bits per heavy atom. The summed E-state index contributed by atoms with van der Waals surface area (Å²) >= 11 is 5.88. The summed E-state index contributed by atoms with van der Waals surface area (Å²) in [6.07, 6.45) is -3.82. The molecule has 0 bridgehead atoms. The zero-order valence-corrected chi connectivity index (χ0v) is 14.9.